The van der Waals surface area contributed by atoms with Gasteiger partial charge in [0.1, 0.15) is 0 Å². The highest BCUT2D eigenvalue weighted by Crippen LogP contribution is 2.09. The molecule has 0 aromatic rings. The molecule has 2 N–H and O–H groups in total. The van der Waals surface area contributed by atoms with Crippen LogP contribution in [0, 0.1) is 0 Å². The van der Waals surface area contributed by atoms with E-state index in [2.05, 4.69) is 27.4 Å². The maximum Gasteiger partial charge on any atom is 0.194 e. The lowest BCUT2D eigenvalue weighted by Crippen LogP contribution is -2.45. The lowest BCUT2D eigenvalue weighted by atomic mass is 10.2. The van der Waals surface area contributed by atoms with Crippen LogP contribution in [-0.2, 0) is 0 Å². The van der Waals surface area contributed by atoms with Gasteiger partial charge in [-0.3, -0.25) is 4.99 Å². The van der Waals surface area contributed by atoms with Crippen molar-refractivity contribution in [1.82, 2.24) is 15.5 Å². The lowest BCUT2D eigenvalue weighted by molar-refractivity contribution is 0.355. The Bertz CT molecular complexity index is 233. The minimum atomic E-state index is 0.668. The summed E-state index contributed by atoms with van der Waals surface area (Å²) in [7, 11) is 0. The van der Waals surface area contributed by atoms with Crippen LogP contribution in [0.3, 0.4) is 0 Å². The van der Waals surface area contributed by atoms with Crippen molar-refractivity contribution in [3.8, 4) is 0 Å². The predicted molar refractivity (Wildman–Crippen MR) is 67.8 cm³/mol. The molecule has 4 nitrogen and oxygen atoms in total. The van der Waals surface area contributed by atoms with E-state index >= 15 is 0 Å². The highest BCUT2D eigenvalue weighted by atomic mass is 15.3. The SMILES string of the molecule is CCCCN(CC1CCCN1)C1=NCCN1. The minimum Gasteiger partial charge on any atom is -0.354 e. The highest BCUT2D eigenvalue weighted by molar-refractivity contribution is 5.81. The number of nitrogens with one attached hydrogen (secondary N) is 2. The Morgan fingerprint density at radius 1 is 1.44 bits per heavy atom. The van der Waals surface area contributed by atoms with E-state index in [0.717, 1.165) is 32.1 Å². The minimum absolute atomic E-state index is 0.668. The first-order valence-corrected chi connectivity index (χ1v) is 6.67. The van der Waals surface area contributed by atoms with Crippen LogP contribution < -0.4 is 10.6 Å². The van der Waals surface area contributed by atoms with Gasteiger partial charge in [0, 0.05) is 25.7 Å². The number of hydrogen-bond acceptors (Lipinski definition) is 4. The summed E-state index contributed by atoms with van der Waals surface area (Å²) in [6.07, 6.45) is 5.15. The molecule has 0 radical (unpaired) electrons. The van der Waals surface area contributed by atoms with Gasteiger partial charge < -0.3 is 15.5 Å². The Hall–Kier alpha value is -0.770. The molecular weight excluding hydrogens is 200 g/mol. The molecule has 0 aromatic carbocycles. The van der Waals surface area contributed by atoms with Crippen molar-refractivity contribution in [3.63, 3.8) is 0 Å². The molecule has 4 heteroatoms. The van der Waals surface area contributed by atoms with Crippen LogP contribution in [0.1, 0.15) is 32.6 Å². The molecule has 1 atom stereocenters. The predicted octanol–water partition coefficient (Wildman–Crippen LogP) is 0.800. The molecule has 0 amide bonds. The molecule has 2 aliphatic heterocycles. The van der Waals surface area contributed by atoms with Gasteiger partial charge in [-0.15, -0.1) is 0 Å². The molecule has 2 rings (SSSR count). The van der Waals surface area contributed by atoms with Crippen molar-refractivity contribution < 1.29 is 0 Å². The van der Waals surface area contributed by atoms with Crippen molar-refractivity contribution in [2.24, 2.45) is 4.99 Å². The molecule has 1 saturated heterocycles. The normalized spacial score (nSPS) is 24.3. The molecule has 1 unspecified atom stereocenters. The second-order valence-electron chi connectivity index (χ2n) is 4.72. The first-order chi connectivity index (χ1) is 7.90. The lowest BCUT2D eigenvalue weighted by Gasteiger charge is -2.27. The topological polar surface area (TPSA) is 39.7 Å². The Labute approximate surface area is 98.5 Å². The summed E-state index contributed by atoms with van der Waals surface area (Å²) in [5.74, 6) is 1.13. The summed E-state index contributed by atoms with van der Waals surface area (Å²) >= 11 is 0. The molecular formula is C12H24N4. The van der Waals surface area contributed by atoms with E-state index in [-0.39, 0.29) is 0 Å². The van der Waals surface area contributed by atoms with Crippen molar-refractivity contribution in [1.29, 1.82) is 0 Å². The third-order valence-electron chi connectivity index (χ3n) is 3.34. The summed E-state index contributed by atoms with van der Waals surface area (Å²) in [5, 5.41) is 6.95. The molecule has 2 heterocycles. The smallest absolute Gasteiger partial charge is 0.194 e. The molecule has 0 saturated carbocycles. The fraction of sp³-hybridized carbons (Fsp3) is 0.917. The molecule has 0 bridgehead atoms. The summed E-state index contributed by atoms with van der Waals surface area (Å²) < 4.78 is 0. The first kappa shape index (κ1) is 11.7. The number of unbranched alkanes of at least 4 members (excludes halogenated alkanes) is 1. The Kier molecular flexibility index (Phi) is 4.45. The maximum absolute atomic E-state index is 4.53. The van der Waals surface area contributed by atoms with Crippen LogP contribution in [0.15, 0.2) is 4.99 Å². The van der Waals surface area contributed by atoms with E-state index < -0.39 is 0 Å². The van der Waals surface area contributed by atoms with Crippen molar-refractivity contribution in [2.75, 3.05) is 32.7 Å². The maximum atomic E-state index is 4.53. The third kappa shape index (κ3) is 3.11. The molecule has 2 aliphatic rings. The van der Waals surface area contributed by atoms with Crippen LogP contribution >= 0.6 is 0 Å². The van der Waals surface area contributed by atoms with Gasteiger partial charge in [-0.25, -0.2) is 0 Å². The van der Waals surface area contributed by atoms with Crippen LogP contribution in [0.2, 0.25) is 0 Å². The van der Waals surface area contributed by atoms with Gasteiger partial charge in [-0.05, 0) is 25.8 Å². The van der Waals surface area contributed by atoms with Crippen molar-refractivity contribution >= 4 is 5.96 Å². The highest BCUT2D eigenvalue weighted by Gasteiger charge is 2.21. The van der Waals surface area contributed by atoms with Gasteiger partial charge in [0.15, 0.2) is 5.96 Å². The average Bonchev–Trinajstić information content (AvgIpc) is 2.96. The largest absolute Gasteiger partial charge is 0.354 e. The zero-order chi connectivity index (χ0) is 11.2. The first-order valence-electron chi connectivity index (χ1n) is 6.67. The summed E-state index contributed by atoms with van der Waals surface area (Å²) in [6, 6.07) is 0.668. The molecule has 92 valence electrons. The zero-order valence-electron chi connectivity index (χ0n) is 10.3. The van der Waals surface area contributed by atoms with E-state index in [0.29, 0.717) is 6.04 Å². The van der Waals surface area contributed by atoms with Crippen LogP contribution in [-0.4, -0.2) is 49.6 Å². The van der Waals surface area contributed by atoms with Gasteiger partial charge in [0.05, 0.1) is 6.54 Å². The second kappa shape index (κ2) is 6.09. The molecule has 0 aliphatic carbocycles. The number of nitrogens with zero attached hydrogens (tertiary/aromatic N) is 2. The molecule has 16 heavy (non-hydrogen) atoms. The molecule has 1 fully saturated rings. The van der Waals surface area contributed by atoms with Crippen LogP contribution in [0.5, 0.6) is 0 Å². The van der Waals surface area contributed by atoms with E-state index in [9.17, 15) is 0 Å². The summed E-state index contributed by atoms with van der Waals surface area (Å²) in [6.45, 7) is 7.64. The fourth-order valence-electron chi connectivity index (χ4n) is 2.41. The van der Waals surface area contributed by atoms with E-state index in [4.69, 9.17) is 0 Å². The van der Waals surface area contributed by atoms with Gasteiger partial charge in [0.2, 0.25) is 0 Å². The molecule has 0 aromatic heterocycles. The van der Waals surface area contributed by atoms with Crippen molar-refractivity contribution in [3.05, 3.63) is 0 Å². The van der Waals surface area contributed by atoms with E-state index in [1.807, 2.05) is 0 Å². The Balaban J connectivity index is 1.85. The molecule has 0 spiro atoms. The Morgan fingerprint density at radius 3 is 3.00 bits per heavy atom. The number of hydrogen-bond donors (Lipinski definition) is 2. The van der Waals surface area contributed by atoms with Gasteiger partial charge in [-0.2, -0.15) is 0 Å². The summed E-state index contributed by atoms with van der Waals surface area (Å²) in [4.78, 5) is 6.96. The van der Waals surface area contributed by atoms with Gasteiger partial charge >= 0.3 is 0 Å². The van der Waals surface area contributed by atoms with Gasteiger partial charge in [-0.1, -0.05) is 13.3 Å². The summed E-state index contributed by atoms with van der Waals surface area (Å²) in [5.41, 5.74) is 0. The van der Waals surface area contributed by atoms with Crippen LogP contribution in [0.4, 0.5) is 0 Å². The van der Waals surface area contributed by atoms with Gasteiger partial charge in [0.25, 0.3) is 0 Å². The second-order valence-corrected chi connectivity index (χ2v) is 4.72. The zero-order valence-corrected chi connectivity index (χ0v) is 10.3. The van der Waals surface area contributed by atoms with Crippen molar-refractivity contribution in [2.45, 2.75) is 38.6 Å². The average molecular weight is 224 g/mol. The van der Waals surface area contributed by atoms with E-state index in [1.165, 1.54) is 32.2 Å². The fourth-order valence-corrected chi connectivity index (χ4v) is 2.41. The third-order valence-corrected chi connectivity index (χ3v) is 3.34. The monoisotopic (exact) mass is 224 g/mol. The number of aliphatic imine (C=N–C) groups is 1. The standard InChI is InChI=1S/C12H24N4/c1-2-3-9-16(12-14-7-8-15-12)10-11-5-4-6-13-11/h11,13H,2-10H2,1H3,(H,14,15). The number of guanidine groups is 1. The number of rotatable bonds is 5. The Morgan fingerprint density at radius 2 is 2.38 bits per heavy atom. The van der Waals surface area contributed by atoms with Crippen LogP contribution in [0.25, 0.3) is 0 Å². The quantitative estimate of drug-likeness (QED) is 0.725. The van der Waals surface area contributed by atoms with E-state index in [1.54, 1.807) is 0 Å².